The van der Waals surface area contributed by atoms with Crippen LogP contribution in [0.25, 0.3) is 0 Å². The zero-order valence-electron chi connectivity index (χ0n) is 13.6. The molecule has 1 aromatic rings. The molecule has 0 spiro atoms. The minimum Gasteiger partial charge on any atom is -0.353 e. The van der Waals surface area contributed by atoms with Gasteiger partial charge in [-0.1, -0.05) is 30.9 Å². The zero-order valence-corrected chi connectivity index (χ0v) is 16.0. The number of carbonyl (C=O) groups excluding carboxylic acids is 1. The van der Waals surface area contributed by atoms with E-state index in [0.29, 0.717) is 18.1 Å². The maximum Gasteiger partial charge on any atom is 0.242 e. The number of carbonyl (C=O) groups is 1. The minimum absolute atomic E-state index is 0. The lowest BCUT2D eigenvalue weighted by molar-refractivity contribution is -0.138. The monoisotopic (exact) mass is 394 g/mol. The van der Waals surface area contributed by atoms with Crippen molar-refractivity contribution in [2.75, 3.05) is 31.1 Å². The predicted molar refractivity (Wildman–Crippen MR) is 103 cm³/mol. The summed E-state index contributed by atoms with van der Waals surface area (Å²) >= 11 is 5.87. The lowest BCUT2D eigenvalue weighted by Gasteiger charge is -2.41. The normalized spacial score (nSPS) is 19.9. The van der Waals surface area contributed by atoms with Gasteiger partial charge in [0.1, 0.15) is 5.82 Å². The number of aromatic nitrogens is 1. The molecule has 2 aliphatic rings. The Morgan fingerprint density at radius 3 is 2.25 bits per heavy atom. The Hall–Kier alpha value is -0.750. The van der Waals surface area contributed by atoms with E-state index in [4.69, 9.17) is 17.3 Å². The van der Waals surface area contributed by atoms with Gasteiger partial charge in [-0.3, -0.25) is 4.79 Å². The van der Waals surface area contributed by atoms with Gasteiger partial charge in [0.05, 0.1) is 10.6 Å². The van der Waals surface area contributed by atoms with Crippen molar-refractivity contribution in [3.05, 3.63) is 23.4 Å². The van der Waals surface area contributed by atoms with Crippen molar-refractivity contribution in [3.8, 4) is 0 Å². The molecule has 1 aromatic heterocycles. The number of halogens is 3. The molecule has 2 N–H and O–H groups in total. The summed E-state index contributed by atoms with van der Waals surface area (Å²) in [6, 6.07) is 3.77. The smallest absolute Gasteiger partial charge is 0.242 e. The van der Waals surface area contributed by atoms with E-state index in [-0.39, 0.29) is 30.7 Å². The van der Waals surface area contributed by atoms with Gasteiger partial charge in [-0.15, -0.1) is 24.8 Å². The number of anilines is 1. The van der Waals surface area contributed by atoms with Crippen LogP contribution >= 0.6 is 36.4 Å². The predicted octanol–water partition coefficient (Wildman–Crippen LogP) is 2.89. The van der Waals surface area contributed by atoms with Crippen LogP contribution in [-0.4, -0.2) is 47.5 Å². The molecule has 2 fully saturated rings. The second kappa shape index (κ2) is 9.09. The van der Waals surface area contributed by atoms with Crippen LogP contribution in [0, 0.1) is 0 Å². The van der Waals surface area contributed by atoms with Crippen molar-refractivity contribution in [2.45, 2.75) is 37.6 Å². The van der Waals surface area contributed by atoms with E-state index in [9.17, 15) is 4.79 Å². The van der Waals surface area contributed by atoms with Crippen LogP contribution in [0.4, 0.5) is 5.82 Å². The third-order valence-electron chi connectivity index (χ3n) is 4.77. The fourth-order valence-electron chi connectivity index (χ4n) is 3.41. The van der Waals surface area contributed by atoms with E-state index in [2.05, 4.69) is 9.88 Å². The number of piperazine rings is 1. The molecule has 1 saturated carbocycles. The third-order valence-corrected chi connectivity index (χ3v) is 5.00. The van der Waals surface area contributed by atoms with E-state index >= 15 is 0 Å². The molecule has 5 nitrogen and oxygen atoms in total. The quantitative estimate of drug-likeness (QED) is 0.836. The molecule has 1 aliphatic carbocycles. The van der Waals surface area contributed by atoms with E-state index in [0.717, 1.165) is 44.6 Å². The lowest BCUT2D eigenvalue weighted by atomic mass is 9.81. The minimum atomic E-state index is -0.626. The van der Waals surface area contributed by atoms with Crippen LogP contribution in [0.2, 0.25) is 5.02 Å². The molecule has 136 valence electrons. The zero-order chi connectivity index (χ0) is 15.6. The molecule has 3 rings (SSSR count). The number of hydrogen-bond donors (Lipinski definition) is 1. The molecule has 24 heavy (non-hydrogen) atoms. The molecular weight excluding hydrogens is 371 g/mol. The second-order valence-electron chi connectivity index (χ2n) is 6.33. The van der Waals surface area contributed by atoms with Crippen LogP contribution in [0.15, 0.2) is 18.3 Å². The Kier molecular flexibility index (Phi) is 8.06. The number of amides is 1. The molecule has 0 bridgehead atoms. The van der Waals surface area contributed by atoms with Crippen LogP contribution in [0.3, 0.4) is 0 Å². The summed E-state index contributed by atoms with van der Waals surface area (Å²) in [5, 5.41) is 0.639. The van der Waals surface area contributed by atoms with Gasteiger partial charge in [0.2, 0.25) is 5.91 Å². The molecule has 0 radical (unpaired) electrons. The van der Waals surface area contributed by atoms with Gasteiger partial charge < -0.3 is 15.5 Å². The Labute approximate surface area is 160 Å². The van der Waals surface area contributed by atoms with Gasteiger partial charge in [0.15, 0.2) is 0 Å². The average molecular weight is 396 g/mol. The Morgan fingerprint density at radius 2 is 1.71 bits per heavy atom. The van der Waals surface area contributed by atoms with E-state index < -0.39 is 5.54 Å². The van der Waals surface area contributed by atoms with Crippen molar-refractivity contribution in [2.24, 2.45) is 5.73 Å². The van der Waals surface area contributed by atoms with E-state index in [1.807, 2.05) is 17.0 Å². The van der Waals surface area contributed by atoms with E-state index in [1.165, 1.54) is 6.42 Å². The van der Waals surface area contributed by atoms with E-state index in [1.54, 1.807) is 6.20 Å². The summed E-state index contributed by atoms with van der Waals surface area (Å²) < 4.78 is 0. The van der Waals surface area contributed by atoms with Crippen LogP contribution in [-0.2, 0) is 4.79 Å². The molecule has 0 atom stereocenters. The van der Waals surface area contributed by atoms with Crippen molar-refractivity contribution >= 4 is 48.1 Å². The first-order valence-corrected chi connectivity index (χ1v) is 8.41. The van der Waals surface area contributed by atoms with Gasteiger partial charge in [-0.2, -0.15) is 0 Å². The average Bonchev–Trinajstić information content (AvgIpc) is 2.56. The summed E-state index contributed by atoms with van der Waals surface area (Å²) in [6.07, 6.45) is 6.64. The Bertz CT molecular complexity index is 527. The summed E-state index contributed by atoms with van der Waals surface area (Å²) in [5.74, 6) is 1.05. The SMILES string of the molecule is Cl.Cl.NC1(C(=O)N2CCN(c3ccc(Cl)cn3)CC2)CCCCC1. The lowest BCUT2D eigenvalue weighted by Crippen LogP contribution is -2.60. The van der Waals surface area contributed by atoms with Gasteiger partial charge >= 0.3 is 0 Å². The number of pyridine rings is 1. The fraction of sp³-hybridized carbons (Fsp3) is 0.625. The number of nitrogens with zero attached hydrogens (tertiary/aromatic N) is 3. The fourth-order valence-corrected chi connectivity index (χ4v) is 3.52. The van der Waals surface area contributed by atoms with Crippen LogP contribution < -0.4 is 10.6 Å². The first-order chi connectivity index (χ1) is 10.6. The number of nitrogens with two attached hydrogens (primary N) is 1. The van der Waals surface area contributed by atoms with Crippen LogP contribution in [0.5, 0.6) is 0 Å². The Morgan fingerprint density at radius 1 is 1.08 bits per heavy atom. The highest BCUT2D eigenvalue weighted by molar-refractivity contribution is 6.30. The van der Waals surface area contributed by atoms with Gasteiger partial charge in [0, 0.05) is 32.4 Å². The highest BCUT2D eigenvalue weighted by Gasteiger charge is 2.39. The van der Waals surface area contributed by atoms with Crippen LogP contribution in [0.1, 0.15) is 32.1 Å². The summed E-state index contributed by atoms with van der Waals surface area (Å²) in [5.41, 5.74) is 5.74. The highest BCUT2D eigenvalue weighted by Crippen LogP contribution is 2.28. The van der Waals surface area contributed by atoms with Crippen molar-refractivity contribution in [1.82, 2.24) is 9.88 Å². The molecule has 1 aliphatic heterocycles. The molecule has 1 amide bonds. The highest BCUT2D eigenvalue weighted by atomic mass is 35.5. The summed E-state index contributed by atoms with van der Waals surface area (Å²) in [6.45, 7) is 3.00. The maximum absolute atomic E-state index is 12.7. The number of rotatable bonds is 2. The Balaban J connectivity index is 0.00000144. The van der Waals surface area contributed by atoms with Gasteiger partial charge in [-0.05, 0) is 25.0 Å². The molecular formula is C16H25Cl3N4O. The maximum atomic E-state index is 12.7. The van der Waals surface area contributed by atoms with Crippen molar-refractivity contribution in [1.29, 1.82) is 0 Å². The summed E-state index contributed by atoms with van der Waals surface area (Å²) in [7, 11) is 0. The summed E-state index contributed by atoms with van der Waals surface area (Å²) in [4.78, 5) is 21.2. The van der Waals surface area contributed by atoms with Crippen molar-refractivity contribution < 1.29 is 4.79 Å². The molecule has 0 unspecified atom stereocenters. The first kappa shape index (κ1) is 21.3. The standard InChI is InChI=1S/C16H23ClN4O.2ClH/c17-13-4-5-14(19-12-13)20-8-10-21(11-9-20)15(22)16(18)6-2-1-3-7-16;;/h4-5,12H,1-3,6-11,18H2;2*1H. The largest absolute Gasteiger partial charge is 0.353 e. The van der Waals surface area contributed by atoms with Gasteiger partial charge in [-0.25, -0.2) is 4.98 Å². The topological polar surface area (TPSA) is 62.5 Å². The third kappa shape index (κ3) is 4.66. The molecule has 0 aromatic carbocycles. The number of hydrogen-bond acceptors (Lipinski definition) is 4. The molecule has 1 saturated heterocycles. The van der Waals surface area contributed by atoms with Gasteiger partial charge in [0.25, 0.3) is 0 Å². The molecule has 2 heterocycles. The molecule has 8 heteroatoms. The second-order valence-corrected chi connectivity index (χ2v) is 6.77. The first-order valence-electron chi connectivity index (χ1n) is 8.03. The van der Waals surface area contributed by atoms with Crippen molar-refractivity contribution in [3.63, 3.8) is 0 Å².